The van der Waals surface area contributed by atoms with E-state index in [4.69, 9.17) is 44.6 Å². The number of hydrogen-bond acceptors (Lipinski definition) is 6. The second-order valence-electron chi connectivity index (χ2n) is 8.02. The number of furan rings is 1. The van der Waals surface area contributed by atoms with Crippen LogP contribution in [-0.2, 0) is 20.9 Å². The number of para-hydroxylation sites is 1. The number of hydrogen-bond donors (Lipinski definition) is 1. The molecule has 2 aromatic heterocycles. The van der Waals surface area contributed by atoms with Crippen molar-refractivity contribution in [1.29, 1.82) is 0 Å². The fourth-order valence-electron chi connectivity index (χ4n) is 4.06. The molecular formula is C26H17Cl2N3O5S. The van der Waals surface area contributed by atoms with E-state index in [9.17, 15) is 14.4 Å². The maximum atomic E-state index is 13.5. The smallest absolute Gasteiger partial charge is 0.373 e. The van der Waals surface area contributed by atoms with Crippen molar-refractivity contribution < 1.29 is 23.5 Å². The van der Waals surface area contributed by atoms with Gasteiger partial charge in [-0.3, -0.25) is 19.8 Å². The molecule has 0 radical (unpaired) electrons. The van der Waals surface area contributed by atoms with Crippen LogP contribution in [0.1, 0.15) is 21.9 Å². The highest BCUT2D eigenvalue weighted by Gasteiger charge is 2.36. The lowest BCUT2D eigenvalue weighted by Gasteiger charge is -2.29. The van der Waals surface area contributed by atoms with Crippen molar-refractivity contribution in [2.75, 3.05) is 12.0 Å². The molecule has 2 aromatic carbocycles. The number of thiocarbonyl (C=S) groups is 1. The van der Waals surface area contributed by atoms with Crippen LogP contribution >= 0.6 is 35.4 Å². The molecular weight excluding hydrogens is 537 g/mol. The number of fused-ring (bicyclic) bond motifs is 1. The number of benzene rings is 2. The van der Waals surface area contributed by atoms with Crippen molar-refractivity contribution in [2.45, 2.75) is 6.54 Å². The van der Waals surface area contributed by atoms with Gasteiger partial charge in [0.15, 0.2) is 5.11 Å². The molecule has 37 heavy (non-hydrogen) atoms. The summed E-state index contributed by atoms with van der Waals surface area (Å²) in [6.07, 6.45) is 3.30. The van der Waals surface area contributed by atoms with E-state index in [1.165, 1.54) is 13.2 Å². The van der Waals surface area contributed by atoms with Crippen LogP contribution in [0.25, 0.3) is 17.0 Å². The summed E-state index contributed by atoms with van der Waals surface area (Å²) in [4.78, 5) is 39.2. The number of aromatic nitrogens is 1. The largest absolute Gasteiger partial charge is 0.463 e. The number of esters is 1. The van der Waals surface area contributed by atoms with Crippen molar-refractivity contribution in [3.8, 4) is 0 Å². The Labute approximate surface area is 226 Å². The summed E-state index contributed by atoms with van der Waals surface area (Å²) in [7, 11) is 1.28. The van der Waals surface area contributed by atoms with Crippen molar-refractivity contribution in [3.63, 3.8) is 0 Å². The maximum Gasteiger partial charge on any atom is 0.373 e. The van der Waals surface area contributed by atoms with Crippen LogP contribution in [0, 0.1) is 0 Å². The minimum Gasteiger partial charge on any atom is -0.463 e. The van der Waals surface area contributed by atoms with E-state index in [-0.39, 0.29) is 32.2 Å². The number of ether oxygens (including phenoxy) is 1. The number of carbonyl (C=O) groups excluding carboxylic acids is 3. The van der Waals surface area contributed by atoms with E-state index < -0.39 is 17.8 Å². The minimum atomic E-state index is -0.636. The molecule has 3 heterocycles. The number of halogens is 2. The summed E-state index contributed by atoms with van der Waals surface area (Å²) in [5.41, 5.74) is 1.59. The van der Waals surface area contributed by atoms with Crippen molar-refractivity contribution in [3.05, 3.63) is 93.5 Å². The number of nitrogens with one attached hydrogen (secondary N) is 1. The Kier molecular flexibility index (Phi) is 6.59. The van der Waals surface area contributed by atoms with E-state index in [1.54, 1.807) is 36.5 Å². The first kappa shape index (κ1) is 24.8. The van der Waals surface area contributed by atoms with Gasteiger partial charge in [0.2, 0.25) is 5.76 Å². The quantitative estimate of drug-likeness (QED) is 0.158. The first-order valence-corrected chi connectivity index (χ1v) is 12.0. The summed E-state index contributed by atoms with van der Waals surface area (Å²) in [5, 5.41) is 3.63. The summed E-state index contributed by atoms with van der Waals surface area (Å²) in [6, 6.07) is 15.5. The molecule has 186 valence electrons. The first-order valence-electron chi connectivity index (χ1n) is 10.9. The fourth-order valence-corrected chi connectivity index (χ4v) is 4.71. The van der Waals surface area contributed by atoms with Gasteiger partial charge in [-0.15, -0.1) is 0 Å². The van der Waals surface area contributed by atoms with Crippen LogP contribution in [0.3, 0.4) is 0 Å². The molecule has 1 N–H and O–H groups in total. The van der Waals surface area contributed by atoms with Crippen LogP contribution < -0.4 is 10.2 Å². The zero-order valence-electron chi connectivity index (χ0n) is 19.2. The van der Waals surface area contributed by atoms with Gasteiger partial charge in [-0.25, -0.2) is 4.79 Å². The molecule has 0 saturated carbocycles. The zero-order valence-corrected chi connectivity index (χ0v) is 21.5. The maximum absolute atomic E-state index is 13.5. The number of amides is 2. The molecule has 8 nitrogen and oxygen atoms in total. The van der Waals surface area contributed by atoms with Crippen LogP contribution in [0.15, 0.2) is 70.8 Å². The third-order valence-corrected chi connectivity index (χ3v) is 6.86. The van der Waals surface area contributed by atoms with Crippen molar-refractivity contribution in [1.82, 2.24) is 9.88 Å². The summed E-state index contributed by atoms with van der Waals surface area (Å²) >= 11 is 17.7. The van der Waals surface area contributed by atoms with E-state index in [2.05, 4.69) is 5.32 Å². The highest BCUT2D eigenvalue weighted by Crippen LogP contribution is 2.35. The van der Waals surface area contributed by atoms with Crippen LogP contribution in [-0.4, -0.2) is 34.6 Å². The average molecular weight is 554 g/mol. The molecule has 1 aliphatic heterocycles. The second-order valence-corrected chi connectivity index (χ2v) is 9.19. The summed E-state index contributed by atoms with van der Waals surface area (Å²) < 4.78 is 12.2. The lowest BCUT2D eigenvalue weighted by Crippen LogP contribution is -2.54. The Hall–Kier alpha value is -3.92. The molecule has 1 fully saturated rings. The lowest BCUT2D eigenvalue weighted by atomic mass is 10.1. The summed E-state index contributed by atoms with van der Waals surface area (Å²) in [5.74, 6) is -1.22. The van der Waals surface area contributed by atoms with Gasteiger partial charge in [-0.05, 0) is 48.6 Å². The minimum absolute atomic E-state index is 0.0940. The van der Waals surface area contributed by atoms with Gasteiger partial charge in [0, 0.05) is 22.7 Å². The lowest BCUT2D eigenvalue weighted by molar-refractivity contribution is -0.122. The third-order valence-electron chi connectivity index (χ3n) is 5.77. The fraction of sp³-hybridized carbons (Fsp3) is 0.0769. The Morgan fingerprint density at radius 1 is 1.11 bits per heavy atom. The van der Waals surface area contributed by atoms with Gasteiger partial charge in [-0.1, -0.05) is 47.5 Å². The van der Waals surface area contributed by atoms with Crippen LogP contribution in [0.4, 0.5) is 5.69 Å². The standard InChI is InChI=1S/C26H17Cl2N3O5S/c1-35-25(34)21-10-9-15(36-21)13-30-12-14(16-5-2-3-7-19(16)30)11-17-23(32)29-26(37)31(24(17)33)20-8-4-6-18(27)22(20)28/h2-12H,13H2,1H3,(H,29,32,37)/b17-11+. The van der Waals surface area contributed by atoms with E-state index in [0.717, 1.165) is 15.8 Å². The Bertz CT molecular complexity index is 1640. The molecule has 0 unspecified atom stereocenters. The Morgan fingerprint density at radius 3 is 2.68 bits per heavy atom. The number of rotatable bonds is 5. The Morgan fingerprint density at radius 2 is 1.89 bits per heavy atom. The highest BCUT2D eigenvalue weighted by atomic mass is 35.5. The van der Waals surface area contributed by atoms with Gasteiger partial charge >= 0.3 is 5.97 Å². The summed E-state index contributed by atoms with van der Waals surface area (Å²) in [6.45, 7) is 0.301. The second kappa shape index (κ2) is 9.85. The van der Waals surface area contributed by atoms with Crippen molar-refractivity contribution in [2.24, 2.45) is 0 Å². The zero-order chi connectivity index (χ0) is 26.3. The molecule has 0 bridgehead atoms. The molecule has 5 rings (SSSR count). The van der Waals surface area contributed by atoms with E-state index in [1.807, 2.05) is 28.8 Å². The molecule has 1 saturated heterocycles. The van der Waals surface area contributed by atoms with Gasteiger partial charge in [-0.2, -0.15) is 0 Å². The number of methoxy groups -OCH3 is 1. The van der Waals surface area contributed by atoms with Crippen molar-refractivity contribution >= 4 is 81.0 Å². The number of nitrogens with zero attached hydrogens (tertiary/aromatic N) is 2. The van der Waals surface area contributed by atoms with Crippen LogP contribution in [0.2, 0.25) is 10.0 Å². The number of carbonyl (C=O) groups is 3. The molecule has 1 aliphatic rings. The van der Waals surface area contributed by atoms with Crippen LogP contribution in [0.5, 0.6) is 0 Å². The average Bonchev–Trinajstić information content (AvgIpc) is 3.49. The van der Waals surface area contributed by atoms with Gasteiger partial charge in [0.1, 0.15) is 11.3 Å². The predicted molar refractivity (Wildman–Crippen MR) is 144 cm³/mol. The molecule has 0 atom stereocenters. The van der Waals surface area contributed by atoms with Gasteiger partial charge in [0.05, 0.1) is 29.4 Å². The SMILES string of the molecule is COC(=O)c1ccc(Cn2cc(/C=C3\C(=O)NC(=S)N(c4cccc(Cl)c4Cl)C3=O)c3ccccc32)o1. The Balaban J connectivity index is 1.55. The predicted octanol–water partition coefficient (Wildman–Crippen LogP) is 5.21. The molecule has 0 aliphatic carbocycles. The van der Waals surface area contributed by atoms with Gasteiger partial charge < -0.3 is 13.7 Å². The number of anilines is 1. The molecule has 0 spiro atoms. The first-order chi connectivity index (χ1) is 17.8. The third kappa shape index (κ3) is 4.53. The normalized spacial score (nSPS) is 14.9. The molecule has 11 heteroatoms. The highest BCUT2D eigenvalue weighted by molar-refractivity contribution is 7.80. The van der Waals surface area contributed by atoms with E-state index >= 15 is 0 Å². The topological polar surface area (TPSA) is 93.8 Å². The molecule has 2 amide bonds. The van der Waals surface area contributed by atoms with Gasteiger partial charge in [0.25, 0.3) is 11.8 Å². The monoisotopic (exact) mass is 553 g/mol. The van der Waals surface area contributed by atoms with E-state index in [0.29, 0.717) is 17.9 Å². The molecule has 4 aromatic rings.